The van der Waals surface area contributed by atoms with Crippen LogP contribution < -0.4 is 0 Å². The monoisotopic (exact) mass is 429 g/mol. The van der Waals surface area contributed by atoms with Gasteiger partial charge in [-0.1, -0.05) is 53.7 Å². The molecule has 4 heteroatoms. The largest absolute Gasteiger partial charge is 0.444 e. The molecule has 2 atom stereocenters. The van der Waals surface area contributed by atoms with Crippen LogP contribution in [0.15, 0.2) is 12.1 Å². The lowest BCUT2D eigenvalue weighted by molar-refractivity contribution is -0.0634. The summed E-state index contributed by atoms with van der Waals surface area (Å²) in [7, 11) is 0. The molecule has 3 rings (SSSR count). The van der Waals surface area contributed by atoms with Crippen molar-refractivity contribution < 1.29 is 14.6 Å². The highest BCUT2D eigenvalue weighted by Crippen LogP contribution is 2.50. The molecule has 0 radical (unpaired) electrons. The third-order valence-corrected chi connectivity index (χ3v) is 6.97. The summed E-state index contributed by atoms with van der Waals surface area (Å²) in [5.74, 6) is 1.11. The fourth-order valence-electron chi connectivity index (χ4n) is 5.53. The Bertz CT molecular complexity index is 775. The molecule has 174 valence electrons. The van der Waals surface area contributed by atoms with E-state index in [0.29, 0.717) is 30.6 Å². The van der Waals surface area contributed by atoms with Crippen molar-refractivity contribution in [3.63, 3.8) is 0 Å². The van der Waals surface area contributed by atoms with Gasteiger partial charge in [0, 0.05) is 24.9 Å². The predicted molar refractivity (Wildman–Crippen MR) is 127 cm³/mol. The molecular weight excluding hydrogens is 386 g/mol. The first kappa shape index (κ1) is 24.1. The van der Waals surface area contributed by atoms with Crippen molar-refractivity contribution in [3.8, 4) is 0 Å². The van der Waals surface area contributed by atoms with Crippen LogP contribution in [0.25, 0.3) is 0 Å². The highest BCUT2D eigenvalue weighted by molar-refractivity contribution is 5.70. The van der Waals surface area contributed by atoms with Crippen molar-refractivity contribution in [2.24, 2.45) is 0 Å². The van der Waals surface area contributed by atoms with Crippen molar-refractivity contribution >= 4 is 6.09 Å². The molecule has 0 saturated carbocycles. The standard InChI is InChI=1S/C27H43NO3/c1-16(2)19-12-22(17(3)4)24(23(13-19)18(5)6)27(30)14-20-10-11-21(15-27)28(20)25(29)31-26(7,8)9/h12-13,16-18,20-21,30H,10-11,14-15H2,1-9H3. The summed E-state index contributed by atoms with van der Waals surface area (Å²) in [6, 6.07) is 4.69. The van der Waals surface area contributed by atoms with Gasteiger partial charge in [-0.3, -0.25) is 0 Å². The molecule has 1 amide bonds. The SMILES string of the molecule is CC(C)c1cc(C(C)C)c(C2(O)CC3CCC(C2)N3C(=O)OC(C)(C)C)c(C(C)C)c1. The fraction of sp³-hybridized carbons (Fsp3) is 0.741. The Hall–Kier alpha value is -1.55. The van der Waals surface area contributed by atoms with Gasteiger partial charge in [-0.15, -0.1) is 0 Å². The van der Waals surface area contributed by atoms with Crippen LogP contribution in [0.4, 0.5) is 4.79 Å². The molecule has 2 heterocycles. The molecular formula is C27H43NO3. The highest BCUT2D eigenvalue weighted by Gasteiger charge is 2.52. The maximum absolute atomic E-state index is 12.9. The zero-order valence-corrected chi connectivity index (χ0v) is 21.1. The second kappa shape index (κ2) is 8.42. The van der Waals surface area contributed by atoms with Gasteiger partial charge in [0.1, 0.15) is 5.60 Å². The molecule has 0 aliphatic carbocycles. The molecule has 2 unspecified atom stereocenters. The summed E-state index contributed by atoms with van der Waals surface area (Å²) >= 11 is 0. The van der Waals surface area contributed by atoms with E-state index in [0.717, 1.165) is 18.4 Å². The number of amides is 1. The van der Waals surface area contributed by atoms with E-state index in [2.05, 4.69) is 53.7 Å². The number of fused-ring (bicyclic) bond motifs is 2. The van der Waals surface area contributed by atoms with Gasteiger partial charge in [0.2, 0.25) is 0 Å². The van der Waals surface area contributed by atoms with E-state index in [1.807, 2.05) is 25.7 Å². The second-order valence-corrected chi connectivity index (χ2v) is 11.8. The van der Waals surface area contributed by atoms with Gasteiger partial charge in [-0.05, 0) is 73.6 Å². The van der Waals surface area contributed by atoms with Crippen LogP contribution >= 0.6 is 0 Å². The quantitative estimate of drug-likeness (QED) is 0.572. The smallest absolute Gasteiger partial charge is 0.410 e. The minimum Gasteiger partial charge on any atom is -0.444 e. The Morgan fingerprint density at radius 3 is 1.77 bits per heavy atom. The first-order valence-electron chi connectivity index (χ1n) is 12.2. The van der Waals surface area contributed by atoms with E-state index in [4.69, 9.17) is 4.74 Å². The molecule has 1 N–H and O–H groups in total. The number of ether oxygens (including phenoxy) is 1. The Morgan fingerprint density at radius 2 is 1.42 bits per heavy atom. The Balaban J connectivity index is 2.03. The van der Waals surface area contributed by atoms with Crippen LogP contribution in [0.3, 0.4) is 0 Å². The Labute approximate surface area is 189 Å². The van der Waals surface area contributed by atoms with E-state index in [1.54, 1.807) is 0 Å². The maximum Gasteiger partial charge on any atom is 0.410 e. The number of rotatable bonds is 4. The van der Waals surface area contributed by atoms with Gasteiger partial charge in [0.15, 0.2) is 0 Å². The maximum atomic E-state index is 12.9. The fourth-order valence-corrected chi connectivity index (χ4v) is 5.53. The lowest BCUT2D eigenvalue weighted by Crippen LogP contribution is -2.53. The number of hydrogen-bond donors (Lipinski definition) is 1. The summed E-state index contributed by atoms with van der Waals surface area (Å²) in [6.45, 7) is 19.1. The van der Waals surface area contributed by atoms with E-state index in [1.165, 1.54) is 16.7 Å². The number of carbonyl (C=O) groups excluding carboxylic acids is 1. The van der Waals surface area contributed by atoms with Gasteiger partial charge >= 0.3 is 6.09 Å². The van der Waals surface area contributed by atoms with Crippen LogP contribution in [-0.2, 0) is 10.3 Å². The van der Waals surface area contributed by atoms with Crippen molar-refractivity contribution in [3.05, 3.63) is 34.4 Å². The average molecular weight is 430 g/mol. The van der Waals surface area contributed by atoms with Gasteiger partial charge < -0.3 is 14.7 Å². The molecule has 0 aromatic heterocycles. The molecule has 1 aromatic rings. The first-order valence-corrected chi connectivity index (χ1v) is 12.2. The van der Waals surface area contributed by atoms with E-state index in [9.17, 15) is 9.90 Å². The van der Waals surface area contributed by atoms with Crippen molar-refractivity contribution in [1.29, 1.82) is 0 Å². The minimum atomic E-state index is -0.904. The summed E-state index contributed by atoms with van der Waals surface area (Å²) < 4.78 is 5.70. The Morgan fingerprint density at radius 1 is 0.968 bits per heavy atom. The molecule has 2 aliphatic rings. The van der Waals surface area contributed by atoms with Crippen LogP contribution in [0.2, 0.25) is 0 Å². The van der Waals surface area contributed by atoms with Gasteiger partial charge in [-0.2, -0.15) is 0 Å². The number of piperidine rings is 1. The molecule has 1 aromatic carbocycles. The number of hydrogen-bond acceptors (Lipinski definition) is 3. The number of aliphatic hydroxyl groups is 1. The van der Waals surface area contributed by atoms with Gasteiger partial charge in [-0.25, -0.2) is 4.79 Å². The highest BCUT2D eigenvalue weighted by atomic mass is 16.6. The van der Waals surface area contributed by atoms with Crippen LogP contribution in [0.5, 0.6) is 0 Å². The lowest BCUT2D eigenvalue weighted by Gasteiger charge is -2.46. The van der Waals surface area contributed by atoms with Crippen LogP contribution in [0.1, 0.15) is 128 Å². The molecule has 2 saturated heterocycles. The second-order valence-electron chi connectivity index (χ2n) is 11.8. The van der Waals surface area contributed by atoms with Crippen LogP contribution in [0, 0.1) is 0 Å². The number of carbonyl (C=O) groups is 1. The molecule has 31 heavy (non-hydrogen) atoms. The third kappa shape index (κ3) is 4.79. The number of nitrogens with zero attached hydrogens (tertiary/aromatic N) is 1. The normalized spacial score (nSPS) is 26.3. The molecule has 2 fully saturated rings. The van der Waals surface area contributed by atoms with Gasteiger partial charge in [0.05, 0.1) is 5.60 Å². The first-order chi connectivity index (χ1) is 14.2. The third-order valence-electron chi connectivity index (χ3n) is 6.97. The summed E-state index contributed by atoms with van der Waals surface area (Å²) in [6.07, 6.45) is 2.81. The summed E-state index contributed by atoms with van der Waals surface area (Å²) in [4.78, 5) is 14.8. The molecule has 0 spiro atoms. The van der Waals surface area contributed by atoms with E-state index in [-0.39, 0.29) is 18.2 Å². The van der Waals surface area contributed by atoms with Crippen LogP contribution in [-0.4, -0.2) is 33.8 Å². The molecule has 4 nitrogen and oxygen atoms in total. The molecule has 2 aliphatic heterocycles. The summed E-state index contributed by atoms with van der Waals surface area (Å²) in [5, 5.41) is 12.2. The lowest BCUT2D eigenvalue weighted by atomic mass is 9.72. The predicted octanol–water partition coefficient (Wildman–Crippen LogP) is 6.81. The van der Waals surface area contributed by atoms with Crippen molar-refractivity contribution in [2.45, 2.75) is 129 Å². The summed E-state index contributed by atoms with van der Waals surface area (Å²) in [5.41, 5.74) is 3.59. The van der Waals surface area contributed by atoms with Crippen molar-refractivity contribution in [2.75, 3.05) is 0 Å². The zero-order chi connectivity index (χ0) is 23.3. The average Bonchev–Trinajstić information content (AvgIpc) is 2.91. The minimum absolute atomic E-state index is 0.0309. The number of benzene rings is 1. The zero-order valence-electron chi connectivity index (χ0n) is 21.1. The topological polar surface area (TPSA) is 49.8 Å². The van der Waals surface area contributed by atoms with E-state index < -0.39 is 11.2 Å². The van der Waals surface area contributed by atoms with E-state index >= 15 is 0 Å². The van der Waals surface area contributed by atoms with Gasteiger partial charge in [0.25, 0.3) is 0 Å². The molecule has 2 bridgehead atoms. The van der Waals surface area contributed by atoms with Crippen molar-refractivity contribution in [1.82, 2.24) is 4.90 Å². The Kier molecular flexibility index (Phi) is 6.55.